The van der Waals surface area contributed by atoms with E-state index >= 15 is 0 Å². The first-order valence-corrected chi connectivity index (χ1v) is 7.80. The van der Waals surface area contributed by atoms with E-state index in [1.807, 2.05) is 19.1 Å². The van der Waals surface area contributed by atoms with E-state index in [1.54, 1.807) is 6.07 Å². The predicted molar refractivity (Wildman–Crippen MR) is 71.2 cm³/mol. The van der Waals surface area contributed by atoms with Gasteiger partial charge in [0.1, 0.15) is 6.07 Å². The quantitative estimate of drug-likeness (QED) is 0.885. The van der Waals surface area contributed by atoms with Crippen molar-refractivity contribution in [2.24, 2.45) is 0 Å². The van der Waals surface area contributed by atoms with Crippen LogP contribution in [0.15, 0.2) is 18.2 Å². The molecular formula is C13H16N2O2S. The van der Waals surface area contributed by atoms with Crippen LogP contribution < -0.4 is 5.32 Å². The van der Waals surface area contributed by atoms with E-state index < -0.39 is 9.84 Å². The van der Waals surface area contributed by atoms with Gasteiger partial charge in [0.15, 0.2) is 9.84 Å². The monoisotopic (exact) mass is 264 g/mol. The maximum atomic E-state index is 11.6. The Morgan fingerprint density at radius 3 is 2.89 bits per heavy atom. The molecule has 1 aromatic rings. The summed E-state index contributed by atoms with van der Waals surface area (Å²) in [5, 5.41) is 12.2. The molecule has 0 aromatic heterocycles. The SMILES string of the molecule is Cc1ccc(NC2CCCS(=O)(=O)C2)c(C#N)c1. The third-order valence-electron chi connectivity index (χ3n) is 3.12. The summed E-state index contributed by atoms with van der Waals surface area (Å²) in [6.45, 7) is 1.93. The van der Waals surface area contributed by atoms with Crippen molar-refractivity contribution in [3.05, 3.63) is 29.3 Å². The van der Waals surface area contributed by atoms with Gasteiger partial charge in [-0.3, -0.25) is 0 Å². The van der Waals surface area contributed by atoms with Gasteiger partial charge in [-0.15, -0.1) is 0 Å². The number of benzene rings is 1. The van der Waals surface area contributed by atoms with Crippen molar-refractivity contribution in [1.29, 1.82) is 5.26 Å². The standard InChI is InChI=1S/C13H16N2O2S/c1-10-4-5-13(11(7-10)8-14)15-12-3-2-6-18(16,17)9-12/h4-5,7,12,15H,2-3,6,9H2,1H3. The number of nitrogens with zero attached hydrogens (tertiary/aromatic N) is 1. The molecule has 1 aromatic carbocycles. The van der Waals surface area contributed by atoms with Crippen LogP contribution in [-0.4, -0.2) is 26.0 Å². The number of sulfone groups is 1. The fourth-order valence-corrected chi connectivity index (χ4v) is 3.87. The lowest BCUT2D eigenvalue weighted by molar-refractivity contribution is 0.562. The lowest BCUT2D eigenvalue weighted by Gasteiger charge is -2.24. The van der Waals surface area contributed by atoms with Crippen LogP contribution in [0.25, 0.3) is 0 Å². The summed E-state index contributed by atoms with van der Waals surface area (Å²) in [6.07, 6.45) is 1.52. The molecule has 0 aliphatic carbocycles. The van der Waals surface area contributed by atoms with Gasteiger partial charge in [0, 0.05) is 6.04 Å². The second-order valence-electron chi connectivity index (χ2n) is 4.76. The van der Waals surface area contributed by atoms with Gasteiger partial charge in [-0.25, -0.2) is 8.42 Å². The maximum absolute atomic E-state index is 11.6. The van der Waals surface area contributed by atoms with E-state index in [0.717, 1.165) is 17.7 Å². The van der Waals surface area contributed by atoms with Crippen molar-refractivity contribution < 1.29 is 8.42 Å². The highest BCUT2D eigenvalue weighted by atomic mass is 32.2. The molecule has 96 valence electrons. The largest absolute Gasteiger partial charge is 0.380 e. The first-order valence-electron chi connectivity index (χ1n) is 5.98. The van der Waals surface area contributed by atoms with Gasteiger partial charge in [0.2, 0.25) is 0 Å². The second kappa shape index (κ2) is 4.99. The van der Waals surface area contributed by atoms with E-state index in [-0.39, 0.29) is 17.5 Å². The fourth-order valence-electron chi connectivity index (χ4n) is 2.23. The Morgan fingerprint density at radius 2 is 2.22 bits per heavy atom. The molecule has 1 N–H and O–H groups in total. The molecule has 1 atom stereocenters. The Morgan fingerprint density at radius 1 is 1.44 bits per heavy atom. The average Bonchev–Trinajstić information content (AvgIpc) is 2.30. The van der Waals surface area contributed by atoms with Gasteiger partial charge in [-0.1, -0.05) is 6.07 Å². The maximum Gasteiger partial charge on any atom is 0.152 e. The van der Waals surface area contributed by atoms with Gasteiger partial charge >= 0.3 is 0 Å². The van der Waals surface area contributed by atoms with Crippen molar-refractivity contribution in [2.45, 2.75) is 25.8 Å². The molecule has 0 saturated carbocycles. The van der Waals surface area contributed by atoms with Gasteiger partial charge < -0.3 is 5.32 Å². The highest BCUT2D eigenvalue weighted by Gasteiger charge is 2.24. The number of hydrogen-bond donors (Lipinski definition) is 1. The van der Waals surface area contributed by atoms with E-state index in [4.69, 9.17) is 5.26 Å². The van der Waals surface area contributed by atoms with Crippen LogP contribution in [0.2, 0.25) is 0 Å². The lowest BCUT2D eigenvalue weighted by Crippen LogP contribution is -2.35. The van der Waals surface area contributed by atoms with Crippen molar-refractivity contribution in [3.8, 4) is 6.07 Å². The van der Waals surface area contributed by atoms with E-state index in [2.05, 4.69) is 11.4 Å². The molecule has 1 saturated heterocycles. The van der Waals surface area contributed by atoms with Crippen LogP contribution in [0, 0.1) is 18.3 Å². The van der Waals surface area contributed by atoms with E-state index in [0.29, 0.717) is 12.0 Å². The molecule has 1 fully saturated rings. The topological polar surface area (TPSA) is 70.0 Å². The van der Waals surface area contributed by atoms with Crippen LogP contribution in [-0.2, 0) is 9.84 Å². The van der Waals surface area contributed by atoms with Crippen LogP contribution in [0.3, 0.4) is 0 Å². The second-order valence-corrected chi connectivity index (χ2v) is 6.99. The molecule has 0 radical (unpaired) electrons. The molecule has 4 nitrogen and oxygen atoms in total. The zero-order valence-corrected chi connectivity index (χ0v) is 11.1. The van der Waals surface area contributed by atoms with Gasteiger partial charge in [0.25, 0.3) is 0 Å². The molecule has 2 rings (SSSR count). The van der Waals surface area contributed by atoms with Crippen molar-refractivity contribution >= 4 is 15.5 Å². The smallest absolute Gasteiger partial charge is 0.152 e. The summed E-state index contributed by atoms with van der Waals surface area (Å²) in [5.41, 5.74) is 2.32. The summed E-state index contributed by atoms with van der Waals surface area (Å²) < 4.78 is 23.1. The first kappa shape index (κ1) is 12.9. The molecule has 18 heavy (non-hydrogen) atoms. The Kier molecular flexibility index (Phi) is 3.58. The minimum absolute atomic E-state index is 0.0847. The summed E-state index contributed by atoms with van der Waals surface area (Å²) in [5.74, 6) is 0.440. The number of nitriles is 1. The number of rotatable bonds is 2. The van der Waals surface area contributed by atoms with Crippen LogP contribution >= 0.6 is 0 Å². The Hall–Kier alpha value is -1.54. The third-order valence-corrected chi connectivity index (χ3v) is 4.94. The molecule has 1 heterocycles. The van der Waals surface area contributed by atoms with Gasteiger partial charge in [-0.2, -0.15) is 5.26 Å². The van der Waals surface area contributed by atoms with Crippen molar-refractivity contribution in [3.63, 3.8) is 0 Å². The normalized spacial score (nSPS) is 22.1. The fraction of sp³-hybridized carbons (Fsp3) is 0.462. The molecule has 1 unspecified atom stereocenters. The molecule has 1 aliphatic heterocycles. The Labute approximate surface area is 108 Å². The zero-order valence-electron chi connectivity index (χ0n) is 10.3. The minimum atomic E-state index is -2.93. The van der Waals surface area contributed by atoms with Gasteiger partial charge in [-0.05, 0) is 37.5 Å². The average molecular weight is 264 g/mol. The van der Waals surface area contributed by atoms with Crippen molar-refractivity contribution in [1.82, 2.24) is 0 Å². The highest BCUT2D eigenvalue weighted by molar-refractivity contribution is 7.91. The minimum Gasteiger partial charge on any atom is -0.380 e. The number of hydrogen-bond acceptors (Lipinski definition) is 4. The summed E-state index contributed by atoms with van der Waals surface area (Å²) in [7, 11) is -2.93. The van der Waals surface area contributed by atoms with E-state index in [9.17, 15) is 8.42 Å². The molecule has 0 spiro atoms. The highest BCUT2D eigenvalue weighted by Crippen LogP contribution is 2.21. The number of anilines is 1. The van der Waals surface area contributed by atoms with Gasteiger partial charge in [0.05, 0.1) is 22.8 Å². The number of nitrogens with one attached hydrogen (secondary N) is 1. The number of aryl methyl sites for hydroxylation is 1. The zero-order chi connectivity index (χ0) is 13.2. The molecule has 5 heteroatoms. The first-order chi connectivity index (χ1) is 8.50. The van der Waals surface area contributed by atoms with Crippen LogP contribution in [0.4, 0.5) is 5.69 Å². The molecule has 0 amide bonds. The Balaban J connectivity index is 2.17. The Bertz CT molecular complexity index is 587. The molecular weight excluding hydrogens is 248 g/mol. The lowest BCUT2D eigenvalue weighted by atomic mass is 10.1. The molecule has 1 aliphatic rings. The third kappa shape index (κ3) is 3.02. The van der Waals surface area contributed by atoms with E-state index in [1.165, 1.54) is 0 Å². The predicted octanol–water partition coefficient (Wildman–Crippen LogP) is 1.86. The summed E-state index contributed by atoms with van der Waals surface area (Å²) in [4.78, 5) is 0. The summed E-state index contributed by atoms with van der Waals surface area (Å²) >= 11 is 0. The molecule has 0 bridgehead atoms. The van der Waals surface area contributed by atoms with Crippen LogP contribution in [0.5, 0.6) is 0 Å². The van der Waals surface area contributed by atoms with Crippen molar-refractivity contribution in [2.75, 3.05) is 16.8 Å². The van der Waals surface area contributed by atoms with Crippen LogP contribution in [0.1, 0.15) is 24.0 Å². The summed E-state index contributed by atoms with van der Waals surface area (Å²) in [6, 6.07) is 7.61.